The van der Waals surface area contributed by atoms with Gasteiger partial charge in [0.05, 0.1) is 34.8 Å². The van der Waals surface area contributed by atoms with Crippen LogP contribution in [0.1, 0.15) is 23.2 Å². The lowest BCUT2D eigenvalue weighted by atomic mass is 9.70. The molecular weight excluding hydrogens is 556 g/mol. The van der Waals surface area contributed by atoms with Crippen molar-refractivity contribution in [3.63, 3.8) is 0 Å². The van der Waals surface area contributed by atoms with Crippen molar-refractivity contribution >= 4 is 46.6 Å². The standard InChI is InChI=1S/C34H26N6O4/c1-35-27-23-17-9-11-19-25(23)39-31(43)37(21-13-5-3-6-14-21)29(41)33(35,39)34-30(42)38(22-15-7-4-8-16-22)32(44)40(34)26-20-12-10-18-24(26)28(27)36(34)2/h3-20,27-28H,1-2H3/t27-,28?,33+,34+/m1/s1. The van der Waals surface area contributed by atoms with Gasteiger partial charge < -0.3 is 0 Å². The molecule has 10 heteroatoms. The molecule has 9 rings (SSSR count). The van der Waals surface area contributed by atoms with Crippen LogP contribution in [0.25, 0.3) is 0 Å². The van der Waals surface area contributed by atoms with E-state index in [0.717, 1.165) is 20.9 Å². The molecule has 0 aliphatic carbocycles. The predicted octanol–water partition coefficient (Wildman–Crippen LogP) is 4.71. The number of nitrogens with zero attached hydrogens (tertiary/aromatic N) is 6. The Morgan fingerprint density at radius 3 is 1.20 bits per heavy atom. The maximum absolute atomic E-state index is 15.4. The third-order valence-corrected chi connectivity index (χ3v) is 10.1. The van der Waals surface area contributed by atoms with E-state index in [1.807, 2.05) is 70.5 Å². The van der Waals surface area contributed by atoms with Gasteiger partial charge in [0.2, 0.25) is 11.3 Å². The van der Waals surface area contributed by atoms with Crippen LogP contribution in [0.3, 0.4) is 0 Å². The number of urea groups is 2. The number of fused-ring (bicyclic) bond motifs is 9. The van der Waals surface area contributed by atoms with Crippen LogP contribution in [0, 0.1) is 0 Å². The van der Waals surface area contributed by atoms with Gasteiger partial charge in [0.15, 0.2) is 0 Å². The number of amides is 6. The maximum atomic E-state index is 15.4. The average molecular weight is 583 g/mol. The lowest BCUT2D eigenvalue weighted by molar-refractivity contribution is -0.179. The van der Waals surface area contributed by atoms with E-state index in [2.05, 4.69) is 0 Å². The SMILES string of the molecule is CN1C2c3ccccc3N3C(=O)N(c4ccccc4)C(=O)[C@@]31[C@]13C(=O)N(c4ccccc4)C(=O)N1c1ccccc1[C@H]2N3C. The minimum Gasteiger partial charge on any atom is -0.269 e. The number of piperazine rings is 1. The van der Waals surface area contributed by atoms with E-state index < -0.39 is 47.3 Å². The lowest BCUT2D eigenvalue weighted by Gasteiger charge is -2.69. The molecule has 5 aliphatic rings. The first-order chi connectivity index (χ1) is 21.4. The van der Waals surface area contributed by atoms with Gasteiger partial charge in [-0.05, 0) is 61.6 Å². The van der Waals surface area contributed by atoms with Crippen molar-refractivity contribution in [2.75, 3.05) is 33.7 Å². The fourth-order valence-electron chi connectivity index (χ4n) is 8.50. The monoisotopic (exact) mass is 582 g/mol. The largest absolute Gasteiger partial charge is 0.338 e. The van der Waals surface area contributed by atoms with Gasteiger partial charge in [0.1, 0.15) is 0 Å². The van der Waals surface area contributed by atoms with E-state index in [4.69, 9.17) is 0 Å². The van der Waals surface area contributed by atoms with Crippen molar-refractivity contribution in [2.45, 2.75) is 23.4 Å². The third-order valence-electron chi connectivity index (χ3n) is 10.1. The first-order valence-electron chi connectivity index (χ1n) is 14.5. The van der Waals surface area contributed by atoms with Gasteiger partial charge in [0, 0.05) is 0 Å². The van der Waals surface area contributed by atoms with Crippen LogP contribution < -0.4 is 19.6 Å². The number of para-hydroxylation sites is 4. The van der Waals surface area contributed by atoms with Crippen LogP contribution >= 0.6 is 0 Å². The molecule has 3 fully saturated rings. The van der Waals surface area contributed by atoms with E-state index in [1.165, 1.54) is 9.80 Å². The van der Waals surface area contributed by atoms with E-state index in [9.17, 15) is 9.59 Å². The zero-order valence-corrected chi connectivity index (χ0v) is 23.9. The Hall–Kier alpha value is -5.32. The number of imide groups is 2. The molecule has 0 aromatic heterocycles. The lowest BCUT2D eigenvalue weighted by Crippen LogP contribution is -2.90. The second-order valence-electron chi connectivity index (χ2n) is 11.8. The number of anilines is 4. The van der Waals surface area contributed by atoms with Crippen molar-refractivity contribution in [3.8, 4) is 0 Å². The summed E-state index contributed by atoms with van der Waals surface area (Å²) in [5, 5.41) is 0. The Bertz CT molecular complexity index is 1810. The summed E-state index contributed by atoms with van der Waals surface area (Å²) in [7, 11) is 3.59. The topological polar surface area (TPSA) is 87.7 Å². The molecule has 2 spiro atoms. The molecule has 3 saturated heterocycles. The van der Waals surface area contributed by atoms with Crippen molar-refractivity contribution in [2.24, 2.45) is 0 Å². The number of likely N-dealkylation sites (N-methyl/N-ethyl adjacent to an activating group) is 2. The smallest absolute Gasteiger partial charge is 0.269 e. The van der Waals surface area contributed by atoms with E-state index >= 15 is 9.59 Å². The molecular formula is C34H26N6O4. The highest BCUT2D eigenvalue weighted by Gasteiger charge is 2.87. The zero-order valence-electron chi connectivity index (χ0n) is 23.9. The zero-order chi connectivity index (χ0) is 30.1. The van der Waals surface area contributed by atoms with Gasteiger partial charge >= 0.3 is 12.1 Å². The molecule has 216 valence electrons. The molecule has 0 saturated carbocycles. The van der Waals surface area contributed by atoms with Crippen molar-refractivity contribution in [1.29, 1.82) is 0 Å². The summed E-state index contributed by atoms with van der Waals surface area (Å²) in [6.45, 7) is 0. The Kier molecular flexibility index (Phi) is 4.69. The van der Waals surface area contributed by atoms with E-state index in [0.29, 0.717) is 22.7 Å². The minimum atomic E-state index is -1.95. The van der Waals surface area contributed by atoms with Crippen molar-refractivity contribution in [1.82, 2.24) is 9.80 Å². The van der Waals surface area contributed by atoms with Crippen molar-refractivity contribution in [3.05, 3.63) is 120 Å². The summed E-state index contributed by atoms with van der Waals surface area (Å²) in [5.74, 6) is -1.19. The first-order valence-corrected chi connectivity index (χ1v) is 14.5. The number of rotatable bonds is 2. The fraction of sp³-hybridized carbons (Fsp3) is 0.176. The summed E-state index contributed by atoms with van der Waals surface area (Å²) in [6.07, 6.45) is 0. The molecule has 4 aromatic carbocycles. The molecule has 5 aliphatic heterocycles. The van der Waals surface area contributed by atoms with Gasteiger partial charge in [-0.2, -0.15) is 0 Å². The number of hydrogen-bond acceptors (Lipinski definition) is 6. The average Bonchev–Trinajstić information content (AvgIpc) is 3.43. The number of carbonyl (C=O) groups excluding carboxylic acids is 4. The number of benzene rings is 4. The fourth-order valence-corrected chi connectivity index (χ4v) is 8.50. The normalized spacial score (nSPS) is 28.7. The highest BCUT2D eigenvalue weighted by molar-refractivity contribution is 6.38. The van der Waals surface area contributed by atoms with Gasteiger partial charge in [-0.3, -0.25) is 29.2 Å². The molecule has 1 unspecified atom stereocenters. The van der Waals surface area contributed by atoms with Gasteiger partial charge in [-0.15, -0.1) is 0 Å². The predicted molar refractivity (Wildman–Crippen MR) is 163 cm³/mol. The second kappa shape index (κ2) is 8.19. The van der Waals surface area contributed by atoms with Crippen LogP contribution in [0.15, 0.2) is 109 Å². The Balaban J connectivity index is 1.44. The molecule has 44 heavy (non-hydrogen) atoms. The van der Waals surface area contributed by atoms with Gasteiger partial charge in [-0.25, -0.2) is 19.4 Å². The van der Waals surface area contributed by atoms with E-state index in [1.54, 1.807) is 62.6 Å². The summed E-state index contributed by atoms with van der Waals surface area (Å²) in [4.78, 5) is 69.2. The van der Waals surface area contributed by atoms with Crippen LogP contribution in [-0.4, -0.2) is 59.1 Å². The Morgan fingerprint density at radius 2 is 0.818 bits per heavy atom. The minimum absolute atomic E-state index is 0.384. The van der Waals surface area contributed by atoms with Crippen LogP contribution in [0.5, 0.6) is 0 Å². The highest BCUT2D eigenvalue weighted by Crippen LogP contribution is 2.67. The van der Waals surface area contributed by atoms with Gasteiger partial charge in [-0.1, -0.05) is 72.8 Å². The first kappa shape index (κ1) is 25.2. The number of hydrogen-bond donors (Lipinski definition) is 0. The van der Waals surface area contributed by atoms with Gasteiger partial charge in [0.25, 0.3) is 11.8 Å². The van der Waals surface area contributed by atoms with Crippen LogP contribution in [0.4, 0.5) is 32.3 Å². The van der Waals surface area contributed by atoms with E-state index in [-0.39, 0.29) is 0 Å². The van der Waals surface area contributed by atoms with Crippen LogP contribution in [-0.2, 0) is 9.59 Å². The highest BCUT2D eigenvalue weighted by atomic mass is 16.2. The molecule has 4 atom stereocenters. The quantitative estimate of drug-likeness (QED) is 0.318. The summed E-state index contributed by atoms with van der Waals surface area (Å²) >= 11 is 0. The molecule has 10 nitrogen and oxygen atoms in total. The Morgan fingerprint density at radius 1 is 0.477 bits per heavy atom. The molecule has 6 amide bonds. The molecule has 4 aromatic rings. The summed E-state index contributed by atoms with van der Waals surface area (Å²) in [5.41, 5.74) is -0.336. The third kappa shape index (κ3) is 2.46. The summed E-state index contributed by atoms with van der Waals surface area (Å²) in [6, 6.07) is 30.6. The molecule has 5 heterocycles. The molecule has 0 N–H and O–H groups in total. The molecule has 0 radical (unpaired) electrons. The summed E-state index contributed by atoms with van der Waals surface area (Å²) < 4.78 is 0. The maximum Gasteiger partial charge on any atom is 0.338 e. The van der Waals surface area contributed by atoms with Crippen molar-refractivity contribution < 1.29 is 19.2 Å². The molecule has 4 bridgehead atoms. The Labute approximate surface area is 252 Å². The number of carbonyl (C=O) groups is 4. The van der Waals surface area contributed by atoms with Crippen LogP contribution in [0.2, 0.25) is 0 Å². The second-order valence-corrected chi connectivity index (χ2v) is 11.8.